The van der Waals surface area contributed by atoms with Gasteiger partial charge in [-0.25, -0.2) is 4.39 Å². The van der Waals surface area contributed by atoms with Gasteiger partial charge in [0.1, 0.15) is 5.82 Å². The van der Waals surface area contributed by atoms with Crippen molar-refractivity contribution < 1.29 is 9.50 Å². The number of rotatable bonds is 4. The van der Waals surface area contributed by atoms with Gasteiger partial charge in [-0.2, -0.15) is 0 Å². The van der Waals surface area contributed by atoms with Crippen molar-refractivity contribution in [3.05, 3.63) is 46.2 Å². The molecule has 0 aliphatic heterocycles. The molecule has 1 aliphatic carbocycles. The predicted molar refractivity (Wildman–Crippen MR) is 73.8 cm³/mol. The molecule has 3 atom stereocenters. The van der Waals surface area contributed by atoms with Crippen molar-refractivity contribution in [3.8, 4) is 0 Å². The minimum atomic E-state index is -0.195. The van der Waals surface area contributed by atoms with Crippen LogP contribution in [0.2, 0.25) is 0 Å². The summed E-state index contributed by atoms with van der Waals surface area (Å²) < 4.78 is 14.6. The van der Waals surface area contributed by atoms with E-state index in [-0.39, 0.29) is 30.4 Å². The van der Waals surface area contributed by atoms with Gasteiger partial charge in [0.25, 0.3) is 0 Å². The van der Waals surface area contributed by atoms with Crippen LogP contribution in [0.25, 0.3) is 0 Å². The second kappa shape index (κ2) is 5.95. The summed E-state index contributed by atoms with van der Waals surface area (Å²) in [7, 11) is 0. The number of benzene rings is 1. The maximum Gasteiger partial charge on any atom is 0.128 e. The fourth-order valence-electron chi connectivity index (χ4n) is 2.29. The molecule has 0 spiro atoms. The van der Waals surface area contributed by atoms with Crippen LogP contribution in [0, 0.1) is 11.7 Å². The van der Waals surface area contributed by atoms with E-state index < -0.39 is 0 Å². The van der Waals surface area contributed by atoms with Crippen molar-refractivity contribution in [2.24, 2.45) is 5.92 Å². The summed E-state index contributed by atoms with van der Waals surface area (Å²) in [5.41, 5.74) is 0.658. The van der Waals surface area contributed by atoms with Crippen LogP contribution in [0.15, 0.2) is 34.8 Å². The van der Waals surface area contributed by atoms with Crippen molar-refractivity contribution in [2.75, 3.05) is 6.61 Å². The van der Waals surface area contributed by atoms with Crippen molar-refractivity contribution in [1.82, 2.24) is 5.32 Å². The Bertz CT molecular complexity index is 449. The summed E-state index contributed by atoms with van der Waals surface area (Å²) in [5, 5.41) is 12.4. The zero-order chi connectivity index (χ0) is 13.1. The fourth-order valence-corrected chi connectivity index (χ4v) is 2.67. The van der Waals surface area contributed by atoms with Crippen LogP contribution in [0.5, 0.6) is 0 Å². The van der Waals surface area contributed by atoms with Gasteiger partial charge in [-0.3, -0.25) is 0 Å². The maximum atomic E-state index is 13.7. The van der Waals surface area contributed by atoms with Gasteiger partial charge in [0.05, 0.1) is 0 Å². The topological polar surface area (TPSA) is 32.3 Å². The Morgan fingerprint density at radius 3 is 2.94 bits per heavy atom. The minimum Gasteiger partial charge on any atom is -0.396 e. The third-order valence-corrected chi connectivity index (χ3v) is 3.79. The van der Waals surface area contributed by atoms with Crippen LogP contribution in [0.1, 0.15) is 24.9 Å². The highest BCUT2D eigenvalue weighted by Crippen LogP contribution is 2.24. The molecule has 1 aromatic rings. The van der Waals surface area contributed by atoms with Crippen LogP contribution >= 0.6 is 15.9 Å². The Kier molecular flexibility index (Phi) is 4.54. The summed E-state index contributed by atoms with van der Waals surface area (Å²) in [5.74, 6) is 0.0286. The van der Waals surface area contributed by atoms with Gasteiger partial charge in [0.15, 0.2) is 0 Å². The number of hydrogen-bond donors (Lipinski definition) is 2. The zero-order valence-corrected chi connectivity index (χ0v) is 11.8. The van der Waals surface area contributed by atoms with Gasteiger partial charge in [0, 0.05) is 34.6 Å². The Labute approximate surface area is 115 Å². The molecule has 0 fully saturated rings. The normalized spacial score (nSPS) is 24.4. The number of nitrogens with one attached hydrogen (secondary N) is 1. The summed E-state index contributed by atoms with van der Waals surface area (Å²) in [4.78, 5) is 0. The van der Waals surface area contributed by atoms with Crippen molar-refractivity contribution in [2.45, 2.75) is 25.4 Å². The number of halogens is 2. The maximum absolute atomic E-state index is 13.7. The standard InChI is InChI=1S/C14H17BrFNO/c1-9(13-7-11(15)3-5-14(13)16)17-12-4-2-10(6-12)8-18/h2-5,7,9-10,12,17-18H,6,8H2,1H3/t9?,10-,12+/m0/s1. The second-order valence-electron chi connectivity index (χ2n) is 4.72. The molecule has 1 unspecified atom stereocenters. The van der Waals surface area contributed by atoms with Gasteiger partial charge >= 0.3 is 0 Å². The van der Waals surface area contributed by atoms with E-state index in [2.05, 4.69) is 21.2 Å². The molecule has 0 saturated heterocycles. The summed E-state index contributed by atoms with van der Waals surface area (Å²) in [6, 6.07) is 5.11. The Morgan fingerprint density at radius 2 is 2.28 bits per heavy atom. The predicted octanol–water partition coefficient (Wildman–Crippen LogP) is 3.18. The molecule has 0 amide bonds. The van der Waals surface area contributed by atoms with Crippen LogP contribution in [-0.2, 0) is 0 Å². The highest BCUT2D eigenvalue weighted by atomic mass is 79.9. The lowest BCUT2D eigenvalue weighted by atomic mass is 10.1. The lowest BCUT2D eigenvalue weighted by Gasteiger charge is -2.20. The van der Waals surface area contributed by atoms with Crippen LogP contribution < -0.4 is 5.32 Å². The van der Waals surface area contributed by atoms with E-state index in [9.17, 15) is 4.39 Å². The van der Waals surface area contributed by atoms with Crippen molar-refractivity contribution >= 4 is 15.9 Å². The van der Waals surface area contributed by atoms with Crippen LogP contribution in [0.3, 0.4) is 0 Å². The number of aliphatic hydroxyl groups excluding tert-OH is 1. The van der Waals surface area contributed by atoms with Gasteiger partial charge in [-0.05, 0) is 31.5 Å². The highest BCUT2D eigenvalue weighted by molar-refractivity contribution is 9.10. The first-order valence-corrected chi connectivity index (χ1v) is 6.89. The molecule has 0 heterocycles. The molecule has 4 heteroatoms. The summed E-state index contributed by atoms with van der Waals surface area (Å²) in [6.45, 7) is 2.12. The van der Waals surface area contributed by atoms with Gasteiger partial charge in [0.2, 0.25) is 0 Å². The van der Waals surface area contributed by atoms with Gasteiger partial charge < -0.3 is 10.4 Å². The number of aliphatic hydroxyl groups is 1. The molecule has 1 aliphatic rings. The van der Waals surface area contributed by atoms with Crippen LogP contribution in [-0.4, -0.2) is 17.8 Å². The van der Waals surface area contributed by atoms with E-state index in [0.29, 0.717) is 5.56 Å². The molecule has 0 aromatic heterocycles. The lowest BCUT2D eigenvalue weighted by Crippen LogP contribution is -2.29. The molecule has 0 radical (unpaired) electrons. The monoisotopic (exact) mass is 313 g/mol. The molecule has 2 rings (SSSR count). The first-order valence-electron chi connectivity index (χ1n) is 6.10. The molecule has 1 aromatic carbocycles. The molecule has 2 N–H and O–H groups in total. The molecular weight excluding hydrogens is 297 g/mol. The lowest BCUT2D eigenvalue weighted by molar-refractivity contribution is 0.245. The van der Waals surface area contributed by atoms with Crippen molar-refractivity contribution in [3.63, 3.8) is 0 Å². The average molecular weight is 314 g/mol. The van der Waals surface area contributed by atoms with E-state index >= 15 is 0 Å². The first kappa shape index (κ1) is 13.7. The minimum absolute atomic E-state index is 0.0606. The van der Waals surface area contributed by atoms with E-state index in [1.54, 1.807) is 12.1 Å². The number of hydrogen-bond acceptors (Lipinski definition) is 2. The average Bonchev–Trinajstić information content (AvgIpc) is 2.80. The fraction of sp³-hybridized carbons (Fsp3) is 0.429. The van der Waals surface area contributed by atoms with Crippen LogP contribution in [0.4, 0.5) is 4.39 Å². The Morgan fingerprint density at radius 1 is 1.50 bits per heavy atom. The van der Waals surface area contributed by atoms with E-state index in [4.69, 9.17) is 5.11 Å². The summed E-state index contributed by atoms with van der Waals surface area (Å²) in [6.07, 6.45) is 4.94. The molecule has 18 heavy (non-hydrogen) atoms. The highest BCUT2D eigenvalue weighted by Gasteiger charge is 2.21. The van der Waals surface area contributed by atoms with E-state index in [1.807, 2.05) is 19.1 Å². The Balaban J connectivity index is 2.02. The van der Waals surface area contributed by atoms with Gasteiger partial charge in [-0.15, -0.1) is 0 Å². The van der Waals surface area contributed by atoms with Crippen molar-refractivity contribution in [1.29, 1.82) is 0 Å². The van der Waals surface area contributed by atoms with E-state index in [0.717, 1.165) is 10.9 Å². The van der Waals surface area contributed by atoms with Gasteiger partial charge in [-0.1, -0.05) is 28.1 Å². The van der Waals surface area contributed by atoms with E-state index in [1.165, 1.54) is 6.07 Å². The third kappa shape index (κ3) is 3.19. The third-order valence-electron chi connectivity index (χ3n) is 3.30. The molecule has 0 saturated carbocycles. The summed E-state index contributed by atoms with van der Waals surface area (Å²) >= 11 is 3.36. The smallest absolute Gasteiger partial charge is 0.128 e. The first-order chi connectivity index (χ1) is 8.60. The quantitative estimate of drug-likeness (QED) is 0.837. The largest absolute Gasteiger partial charge is 0.396 e. The Hall–Kier alpha value is -0.710. The molecule has 98 valence electrons. The SMILES string of the molecule is CC(N[C@@H]1C=C[C@H](CO)C1)c1cc(Br)ccc1F. The second-order valence-corrected chi connectivity index (χ2v) is 5.64. The molecular formula is C14H17BrFNO. The zero-order valence-electron chi connectivity index (χ0n) is 10.2. The molecule has 0 bridgehead atoms. The molecule has 2 nitrogen and oxygen atoms in total.